The molecule has 100 valence electrons. The van der Waals surface area contributed by atoms with Gasteiger partial charge >= 0.3 is 0 Å². The highest BCUT2D eigenvalue weighted by Crippen LogP contribution is 2.31. The number of hydrogen-bond acceptors (Lipinski definition) is 2. The standard InChI is InChI=1S/C16H26N2/c1-16(2,8-9-17)15-5-3-4-14(12-15)13-6-10-18-11-7-13/h3-5,12-13,18H,6-11,17H2,1-2H3. The summed E-state index contributed by atoms with van der Waals surface area (Å²) in [6.07, 6.45) is 3.57. The highest BCUT2D eigenvalue weighted by atomic mass is 14.9. The summed E-state index contributed by atoms with van der Waals surface area (Å²) in [5.41, 5.74) is 8.86. The Bertz CT molecular complexity index is 378. The largest absolute Gasteiger partial charge is 0.330 e. The summed E-state index contributed by atoms with van der Waals surface area (Å²) in [5, 5.41) is 3.43. The van der Waals surface area contributed by atoms with Gasteiger partial charge in [-0.25, -0.2) is 0 Å². The minimum absolute atomic E-state index is 0.192. The molecule has 0 radical (unpaired) electrons. The van der Waals surface area contributed by atoms with E-state index in [2.05, 4.69) is 43.4 Å². The molecule has 0 amide bonds. The van der Waals surface area contributed by atoms with E-state index in [-0.39, 0.29) is 5.41 Å². The van der Waals surface area contributed by atoms with Gasteiger partial charge in [0.05, 0.1) is 0 Å². The Kier molecular flexibility index (Phi) is 4.41. The van der Waals surface area contributed by atoms with Crippen LogP contribution in [0.15, 0.2) is 24.3 Å². The van der Waals surface area contributed by atoms with Crippen LogP contribution in [0.2, 0.25) is 0 Å². The summed E-state index contributed by atoms with van der Waals surface area (Å²) in [7, 11) is 0. The Morgan fingerprint density at radius 3 is 2.67 bits per heavy atom. The maximum Gasteiger partial charge on any atom is -0.00431 e. The van der Waals surface area contributed by atoms with Crippen LogP contribution in [0, 0.1) is 0 Å². The van der Waals surface area contributed by atoms with E-state index in [4.69, 9.17) is 5.73 Å². The van der Waals surface area contributed by atoms with Crippen molar-refractivity contribution in [2.45, 2.75) is 44.4 Å². The Balaban J connectivity index is 2.18. The first-order valence-electron chi connectivity index (χ1n) is 7.15. The van der Waals surface area contributed by atoms with Gasteiger partial charge in [-0.2, -0.15) is 0 Å². The molecule has 0 saturated carbocycles. The number of hydrogen-bond donors (Lipinski definition) is 2. The number of benzene rings is 1. The second kappa shape index (κ2) is 5.85. The first kappa shape index (κ1) is 13.6. The summed E-state index contributed by atoms with van der Waals surface area (Å²) in [4.78, 5) is 0. The maximum absolute atomic E-state index is 5.72. The summed E-state index contributed by atoms with van der Waals surface area (Å²) in [5.74, 6) is 0.736. The van der Waals surface area contributed by atoms with E-state index in [9.17, 15) is 0 Å². The van der Waals surface area contributed by atoms with E-state index >= 15 is 0 Å². The summed E-state index contributed by atoms with van der Waals surface area (Å²) < 4.78 is 0. The molecule has 18 heavy (non-hydrogen) atoms. The molecular formula is C16H26N2. The highest BCUT2D eigenvalue weighted by molar-refractivity contribution is 5.31. The first-order chi connectivity index (χ1) is 8.63. The van der Waals surface area contributed by atoms with Gasteiger partial charge in [-0.15, -0.1) is 0 Å². The third kappa shape index (κ3) is 3.12. The number of piperidine rings is 1. The molecule has 0 bridgehead atoms. The van der Waals surface area contributed by atoms with Crippen molar-refractivity contribution in [3.63, 3.8) is 0 Å². The summed E-state index contributed by atoms with van der Waals surface area (Å²) in [6.45, 7) is 7.65. The van der Waals surface area contributed by atoms with Crippen LogP contribution in [0.5, 0.6) is 0 Å². The minimum Gasteiger partial charge on any atom is -0.330 e. The van der Waals surface area contributed by atoms with Crippen LogP contribution in [0.25, 0.3) is 0 Å². The van der Waals surface area contributed by atoms with Crippen LogP contribution in [0.1, 0.15) is 50.2 Å². The fourth-order valence-corrected chi connectivity index (χ4v) is 2.87. The third-order valence-corrected chi connectivity index (χ3v) is 4.25. The zero-order chi connectivity index (χ0) is 13.0. The summed E-state index contributed by atoms with van der Waals surface area (Å²) >= 11 is 0. The van der Waals surface area contributed by atoms with Gasteiger partial charge in [0.25, 0.3) is 0 Å². The van der Waals surface area contributed by atoms with Gasteiger partial charge in [-0.1, -0.05) is 38.1 Å². The average Bonchev–Trinajstić information content (AvgIpc) is 2.40. The molecule has 1 aliphatic rings. The second-order valence-electron chi connectivity index (χ2n) is 6.07. The van der Waals surface area contributed by atoms with Gasteiger partial charge in [0.1, 0.15) is 0 Å². The molecule has 0 atom stereocenters. The Hall–Kier alpha value is -0.860. The molecule has 2 heteroatoms. The Labute approximate surface area is 111 Å². The molecule has 2 rings (SSSR count). The molecule has 1 aromatic carbocycles. The number of rotatable bonds is 4. The third-order valence-electron chi connectivity index (χ3n) is 4.25. The normalized spacial score (nSPS) is 17.9. The molecule has 1 fully saturated rings. The van der Waals surface area contributed by atoms with Crippen molar-refractivity contribution in [3.8, 4) is 0 Å². The molecule has 1 heterocycles. The van der Waals surface area contributed by atoms with E-state index in [1.54, 1.807) is 0 Å². The number of nitrogens with two attached hydrogens (primary N) is 1. The van der Waals surface area contributed by atoms with Gasteiger partial charge in [0.15, 0.2) is 0 Å². The van der Waals surface area contributed by atoms with Crippen molar-refractivity contribution in [3.05, 3.63) is 35.4 Å². The van der Waals surface area contributed by atoms with Crippen molar-refractivity contribution in [2.75, 3.05) is 19.6 Å². The van der Waals surface area contributed by atoms with Gasteiger partial charge < -0.3 is 11.1 Å². The lowest BCUT2D eigenvalue weighted by atomic mass is 9.79. The van der Waals surface area contributed by atoms with Crippen molar-refractivity contribution in [1.29, 1.82) is 0 Å². The fourth-order valence-electron chi connectivity index (χ4n) is 2.87. The van der Waals surface area contributed by atoms with Gasteiger partial charge in [0.2, 0.25) is 0 Å². The SMILES string of the molecule is CC(C)(CCN)c1cccc(C2CCNCC2)c1. The molecule has 3 N–H and O–H groups in total. The predicted octanol–water partition coefficient (Wildman–Crippen LogP) is 2.78. The fraction of sp³-hybridized carbons (Fsp3) is 0.625. The van der Waals surface area contributed by atoms with Crippen molar-refractivity contribution in [2.24, 2.45) is 5.73 Å². The van der Waals surface area contributed by atoms with Gasteiger partial charge in [-0.05, 0) is 61.4 Å². The van der Waals surface area contributed by atoms with Gasteiger partial charge in [-0.3, -0.25) is 0 Å². The number of nitrogens with one attached hydrogen (secondary N) is 1. The smallest absolute Gasteiger partial charge is 0.00431 e. The average molecular weight is 246 g/mol. The van der Waals surface area contributed by atoms with Crippen LogP contribution in [-0.4, -0.2) is 19.6 Å². The van der Waals surface area contributed by atoms with Crippen LogP contribution < -0.4 is 11.1 Å². The van der Waals surface area contributed by atoms with Crippen LogP contribution in [-0.2, 0) is 5.41 Å². The molecule has 1 aliphatic heterocycles. The lowest BCUT2D eigenvalue weighted by molar-refractivity contribution is 0.456. The minimum atomic E-state index is 0.192. The van der Waals surface area contributed by atoms with Crippen LogP contribution in [0.3, 0.4) is 0 Å². The van der Waals surface area contributed by atoms with E-state index in [1.165, 1.54) is 24.0 Å². The van der Waals surface area contributed by atoms with Crippen LogP contribution in [0.4, 0.5) is 0 Å². The molecule has 0 unspecified atom stereocenters. The van der Waals surface area contributed by atoms with Crippen LogP contribution >= 0.6 is 0 Å². The maximum atomic E-state index is 5.72. The molecule has 1 aromatic rings. The molecule has 1 saturated heterocycles. The lowest BCUT2D eigenvalue weighted by Gasteiger charge is -2.28. The van der Waals surface area contributed by atoms with E-state index in [0.29, 0.717) is 0 Å². The zero-order valence-electron chi connectivity index (χ0n) is 11.7. The second-order valence-corrected chi connectivity index (χ2v) is 6.07. The molecule has 0 aliphatic carbocycles. The summed E-state index contributed by atoms with van der Waals surface area (Å²) in [6, 6.07) is 9.16. The van der Waals surface area contributed by atoms with Crippen molar-refractivity contribution < 1.29 is 0 Å². The highest BCUT2D eigenvalue weighted by Gasteiger charge is 2.21. The van der Waals surface area contributed by atoms with Crippen molar-refractivity contribution >= 4 is 0 Å². The Morgan fingerprint density at radius 1 is 1.28 bits per heavy atom. The molecule has 0 aromatic heterocycles. The van der Waals surface area contributed by atoms with E-state index in [1.807, 2.05) is 0 Å². The Morgan fingerprint density at radius 2 is 2.00 bits per heavy atom. The van der Waals surface area contributed by atoms with Gasteiger partial charge in [0, 0.05) is 0 Å². The lowest BCUT2D eigenvalue weighted by Crippen LogP contribution is -2.27. The monoisotopic (exact) mass is 246 g/mol. The van der Waals surface area contributed by atoms with E-state index < -0.39 is 0 Å². The van der Waals surface area contributed by atoms with Crippen molar-refractivity contribution in [1.82, 2.24) is 5.32 Å². The molecule has 0 spiro atoms. The first-order valence-corrected chi connectivity index (χ1v) is 7.15. The predicted molar refractivity (Wildman–Crippen MR) is 78.0 cm³/mol. The molecule has 2 nitrogen and oxygen atoms in total. The zero-order valence-corrected chi connectivity index (χ0v) is 11.7. The topological polar surface area (TPSA) is 38.0 Å². The quantitative estimate of drug-likeness (QED) is 0.857. The molecular weight excluding hydrogens is 220 g/mol. The van der Waals surface area contributed by atoms with E-state index in [0.717, 1.165) is 32.0 Å².